The van der Waals surface area contributed by atoms with Crippen LogP contribution in [0.1, 0.15) is 24.0 Å². The van der Waals surface area contributed by atoms with Crippen LogP contribution in [0.4, 0.5) is 0 Å². The molecule has 2 amide bonds. The summed E-state index contributed by atoms with van der Waals surface area (Å²) in [6, 6.07) is 7.64. The van der Waals surface area contributed by atoms with Gasteiger partial charge >= 0.3 is 0 Å². The number of piperidine rings is 1. The predicted molar refractivity (Wildman–Crippen MR) is 68.8 cm³/mol. The molecule has 0 saturated carbocycles. The zero-order valence-corrected chi connectivity index (χ0v) is 10.6. The molecule has 2 rings (SSSR count). The molecule has 18 heavy (non-hydrogen) atoms. The average Bonchev–Trinajstić information content (AvgIpc) is 2.32. The zero-order valence-electron chi connectivity index (χ0n) is 10.6. The van der Waals surface area contributed by atoms with E-state index in [1.807, 2.05) is 31.2 Å². The smallest absolute Gasteiger partial charge is 0.233 e. The van der Waals surface area contributed by atoms with Crippen molar-refractivity contribution in [3.63, 3.8) is 0 Å². The lowest BCUT2D eigenvalue weighted by molar-refractivity contribution is -0.146. The lowest BCUT2D eigenvalue weighted by Crippen LogP contribution is -2.47. The van der Waals surface area contributed by atoms with Gasteiger partial charge in [0.05, 0.1) is 6.42 Å². The summed E-state index contributed by atoms with van der Waals surface area (Å²) >= 11 is 0. The van der Waals surface area contributed by atoms with Crippen LogP contribution >= 0.6 is 0 Å². The summed E-state index contributed by atoms with van der Waals surface area (Å²) < 4.78 is 0. The maximum atomic E-state index is 12.1. The Morgan fingerprint density at radius 3 is 2.83 bits per heavy atom. The highest BCUT2D eigenvalue weighted by molar-refractivity contribution is 5.97. The first-order valence-corrected chi connectivity index (χ1v) is 6.21. The van der Waals surface area contributed by atoms with E-state index in [1.54, 1.807) is 0 Å². The molecule has 0 bridgehead atoms. The molecule has 0 aromatic heterocycles. The van der Waals surface area contributed by atoms with E-state index in [0.717, 1.165) is 11.1 Å². The van der Waals surface area contributed by atoms with Crippen LogP contribution in [0.3, 0.4) is 0 Å². The van der Waals surface area contributed by atoms with Crippen molar-refractivity contribution in [2.24, 2.45) is 5.73 Å². The minimum absolute atomic E-state index is 0.0972. The van der Waals surface area contributed by atoms with Gasteiger partial charge in [-0.15, -0.1) is 0 Å². The number of nitrogens with zero attached hydrogens (tertiary/aromatic N) is 1. The molecule has 0 radical (unpaired) electrons. The Labute approximate surface area is 107 Å². The van der Waals surface area contributed by atoms with Crippen molar-refractivity contribution >= 4 is 11.8 Å². The van der Waals surface area contributed by atoms with E-state index in [0.29, 0.717) is 13.0 Å². The second-order valence-electron chi connectivity index (χ2n) is 4.80. The third-order valence-electron chi connectivity index (χ3n) is 3.37. The molecule has 0 spiro atoms. The van der Waals surface area contributed by atoms with Gasteiger partial charge in [0.15, 0.2) is 0 Å². The molecule has 1 aromatic carbocycles. The number of hydrogen-bond acceptors (Lipinski definition) is 3. The van der Waals surface area contributed by atoms with Crippen LogP contribution in [0, 0.1) is 6.92 Å². The molecule has 2 N–H and O–H groups in total. The van der Waals surface area contributed by atoms with Gasteiger partial charge in [0.25, 0.3) is 0 Å². The number of rotatable bonds is 2. The Morgan fingerprint density at radius 1 is 1.44 bits per heavy atom. The van der Waals surface area contributed by atoms with E-state index in [1.165, 1.54) is 4.90 Å². The van der Waals surface area contributed by atoms with Crippen molar-refractivity contribution in [1.82, 2.24) is 4.90 Å². The minimum Gasteiger partial charge on any atom is -0.327 e. The molecule has 1 aromatic rings. The van der Waals surface area contributed by atoms with Crippen molar-refractivity contribution in [3.05, 3.63) is 35.4 Å². The number of carbonyl (C=O) groups excluding carboxylic acids is 2. The Balaban J connectivity index is 2.04. The van der Waals surface area contributed by atoms with Crippen molar-refractivity contribution < 1.29 is 9.59 Å². The van der Waals surface area contributed by atoms with Crippen LogP contribution in [-0.4, -0.2) is 29.3 Å². The van der Waals surface area contributed by atoms with Gasteiger partial charge in [0.2, 0.25) is 11.8 Å². The highest BCUT2D eigenvalue weighted by Gasteiger charge is 2.28. The summed E-state index contributed by atoms with van der Waals surface area (Å²) in [5.74, 6) is -0.270. The van der Waals surface area contributed by atoms with Gasteiger partial charge in [-0.2, -0.15) is 0 Å². The summed E-state index contributed by atoms with van der Waals surface area (Å²) in [4.78, 5) is 25.2. The fourth-order valence-electron chi connectivity index (χ4n) is 2.19. The topological polar surface area (TPSA) is 63.4 Å². The number of carbonyl (C=O) groups is 2. The van der Waals surface area contributed by atoms with Crippen molar-refractivity contribution in [2.75, 3.05) is 6.54 Å². The molecule has 1 unspecified atom stereocenters. The quantitative estimate of drug-likeness (QED) is 0.847. The summed E-state index contributed by atoms with van der Waals surface area (Å²) in [6.45, 7) is 2.42. The van der Waals surface area contributed by atoms with Crippen LogP contribution in [0.2, 0.25) is 0 Å². The van der Waals surface area contributed by atoms with Gasteiger partial charge in [0.1, 0.15) is 0 Å². The van der Waals surface area contributed by atoms with Crippen molar-refractivity contribution in [3.8, 4) is 0 Å². The van der Waals surface area contributed by atoms with Crippen molar-refractivity contribution in [1.29, 1.82) is 0 Å². The van der Waals surface area contributed by atoms with Crippen molar-refractivity contribution in [2.45, 2.75) is 32.2 Å². The van der Waals surface area contributed by atoms with Crippen LogP contribution in [0.25, 0.3) is 0 Å². The fourth-order valence-corrected chi connectivity index (χ4v) is 2.19. The lowest BCUT2D eigenvalue weighted by atomic mass is 10.0. The molecule has 4 heteroatoms. The summed E-state index contributed by atoms with van der Waals surface area (Å²) in [5.41, 5.74) is 7.76. The minimum atomic E-state index is -0.146. The molecular weight excluding hydrogens is 228 g/mol. The molecule has 1 heterocycles. The van der Waals surface area contributed by atoms with Gasteiger partial charge < -0.3 is 5.73 Å². The maximum absolute atomic E-state index is 12.1. The molecule has 1 atom stereocenters. The highest BCUT2D eigenvalue weighted by atomic mass is 16.2. The van der Waals surface area contributed by atoms with Crippen LogP contribution in [-0.2, 0) is 16.0 Å². The summed E-state index contributed by atoms with van der Waals surface area (Å²) in [6.07, 6.45) is 1.26. The maximum Gasteiger partial charge on any atom is 0.233 e. The van der Waals surface area contributed by atoms with E-state index in [2.05, 4.69) is 0 Å². The third-order valence-corrected chi connectivity index (χ3v) is 3.37. The fraction of sp³-hybridized carbons (Fsp3) is 0.429. The van der Waals surface area contributed by atoms with E-state index in [4.69, 9.17) is 5.73 Å². The number of aryl methyl sites for hydroxylation is 1. The first-order chi connectivity index (χ1) is 8.58. The number of benzene rings is 1. The van der Waals surface area contributed by atoms with E-state index in [-0.39, 0.29) is 30.7 Å². The van der Waals surface area contributed by atoms with Crippen LogP contribution < -0.4 is 5.73 Å². The number of imide groups is 1. The zero-order chi connectivity index (χ0) is 13.1. The van der Waals surface area contributed by atoms with Gasteiger partial charge in [-0.05, 0) is 24.5 Å². The molecular formula is C14H18N2O2. The first-order valence-electron chi connectivity index (χ1n) is 6.21. The monoisotopic (exact) mass is 246 g/mol. The first kappa shape index (κ1) is 12.8. The summed E-state index contributed by atoms with van der Waals surface area (Å²) in [7, 11) is 0. The molecule has 96 valence electrons. The van der Waals surface area contributed by atoms with Gasteiger partial charge in [0, 0.05) is 19.0 Å². The number of hydrogen-bond donors (Lipinski definition) is 1. The second kappa shape index (κ2) is 5.31. The summed E-state index contributed by atoms with van der Waals surface area (Å²) in [5, 5.41) is 0. The van der Waals surface area contributed by atoms with Gasteiger partial charge in [-0.25, -0.2) is 0 Å². The van der Waals surface area contributed by atoms with Gasteiger partial charge in [-0.1, -0.05) is 24.3 Å². The molecule has 1 saturated heterocycles. The third kappa shape index (κ3) is 2.76. The Morgan fingerprint density at radius 2 is 2.17 bits per heavy atom. The SMILES string of the molecule is Cc1ccccc1CC(=O)N1CCC(N)CC1=O. The number of amides is 2. The Hall–Kier alpha value is -1.68. The highest BCUT2D eigenvalue weighted by Crippen LogP contribution is 2.14. The van der Waals surface area contributed by atoms with Crippen LogP contribution in [0.5, 0.6) is 0 Å². The Bertz CT molecular complexity index is 471. The molecule has 1 aliphatic heterocycles. The average molecular weight is 246 g/mol. The standard InChI is InChI=1S/C14H18N2O2/c1-10-4-2-3-5-11(10)8-13(17)16-7-6-12(15)9-14(16)18/h2-5,12H,6-9,15H2,1H3. The Kier molecular flexibility index (Phi) is 3.77. The second-order valence-corrected chi connectivity index (χ2v) is 4.80. The van der Waals surface area contributed by atoms with Crippen LogP contribution in [0.15, 0.2) is 24.3 Å². The molecule has 0 aliphatic carbocycles. The number of likely N-dealkylation sites (tertiary alicyclic amines) is 1. The molecule has 4 nitrogen and oxygen atoms in total. The van der Waals surface area contributed by atoms with E-state index >= 15 is 0 Å². The number of nitrogens with two attached hydrogens (primary N) is 1. The largest absolute Gasteiger partial charge is 0.327 e. The van der Waals surface area contributed by atoms with E-state index < -0.39 is 0 Å². The normalized spacial score (nSPS) is 20.0. The van der Waals surface area contributed by atoms with Gasteiger partial charge in [-0.3, -0.25) is 14.5 Å². The van der Waals surface area contributed by atoms with E-state index in [9.17, 15) is 9.59 Å². The molecule has 1 aliphatic rings. The molecule has 1 fully saturated rings. The lowest BCUT2D eigenvalue weighted by Gasteiger charge is -2.28. The predicted octanol–water partition coefficient (Wildman–Crippen LogP) is 1.01.